The average molecular weight is 418 g/mol. The van der Waals surface area contributed by atoms with Gasteiger partial charge in [-0.2, -0.15) is 5.10 Å². The van der Waals surface area contributed by atoms with E-state index in [0.717, 1.165) is 22.6 Å². The lowest BCUT2D eigenvalue weighted by atomic mass is 9.84. The molecule has 0 unspecified atom stereocenters. The quantitative estimate of drug-likeness (QED) is 0.508. The van der Waals surface area contributed by atoms with E-state index in [0.29, 0.717) is 12.2 Å². The Morgan fingerprint density at radius 3 is 2.48 bits per heavy atom. The summed E-state index contributed by atoms with van der Waals surface area (Å²) >= 11 is 0. The molecule has 2 aromatic carbocycles. The number of hydrogen-bond acceptors (Lipinski definition) is 4. The van der Waals surface area contributed by atoms with Crippen LogP contribution in [-0.4, -0.2) is 34.2 Å². The number of carbonyl (C=O) groups is 1. The fraction of sp³-hybridized carbons (Fsp3) is 0.208. The summed E-state index contributed by atoms with van der Waals surface area (Å²) < 4.78 is 20.1. The second-order valence-electron chi connectivity index (χ2n) is 7.93. The highest BCUT2D eigenvalue weighted by Gasteiger charge is 2.23. The summed E-state index contributed by atoms with van der Waals surface area (Å²) in [7, 11) is 1.62. The van der Waals surface area contributed by atoms with Crippen LogP contribution in [0.4, 0.5) is 4.39 Å². The first kappa shape index (κ1) is 20.5. The van der Waals surface area contributed by atoms with Crippen LogP contribution in [-0.2, 0) is 5.41 Å². The number of ether oxygens (including phenoxy) is 1. The van der Waals surface area contributed by atoms with E-state index in [1.807, 2.05) is 44.2 Å². The lowest BCUT2D eigenvalue weighted by Gasteiger charge is -2.25. The molecule has 0 radical (unpaired) electrons. The molecule has 2 aromatic heterocycles. The van der Waals surface area contributed by atoms with E-state index in [-0.39, 0.29) is 22.8 Å². The number of hydrogen-bond donors (Lipinski definition) is 1. The van der Waals surface area contributed by atoms with Crippen molar-refractivity contribution in [3.05, 3.63) is 83.9 Å². The first-order valence-electron chi connectivity index (χ1n) is 9.91. The third kappa shape index (κ3) is 4.26. The Hall–Kier alpha value is -3.74. The van der Waals surface area contributed by atoms with Gasteiger partial charge in [0.25, 0.3) is 5.91 Å². The molecular formula is C24H23FN4O2. The molecule has 0 aliphatic carbocycles. The maximum absolute atomic E-state index is 13.2. The maximum Gasteiger partial charge on any atom is 0.271 e. The highest BCUT2D eigenvalue weighted by molar-refractivity contribution is 5.93. The van der Waals surface area contributed by atoms with Crippen molar-refractivity contribution in [3.63, 3.8) is 0 Å². The fourth-order valence-corrected chi connectivity index (χ4v) is 3.38. The molecule has 4 aromatic rings. The maximum atomic E-state index is 13.2. The Morgan fingerprint density at radius 1 is 1.10 bits per heavy atom. The lowest BCUT2D eigenvalue weighted by Crippen LogP contribution is -2.36. The van der Waals surface area contributed by atoms with Crippen molar-refractivity contribution in [2.75, 3.05) is 13.7 Å². The number of aromatic nitrogens is 3. The average Bonchev–Trinajstić information content (AvgIpc) is 3.22. The van der Waals surface area contributed by atoms with Gasteiger partial charge in [-0.05, 0) is 48.0 Å². The Labute approximate surface area is 179 Å². The number of nitrogens with one attached hydrogen (secondary N) is 1. The normalized spacial score (nSPS) is 11.5. The minimum absolute atomic E-state index is 0.281. The minimum atomic E-state index is -0.366. The Morgan fingerprint density at radius 2 is 1.81 bits per heavy atom. The van der Waals surface area contributed by atoms with Crippen molar-refractivity contribution in [1.29, 1.82) is 0 Å². The van der Waals surface area contributed by atoms with Crippen LogP contribution in [0.5, 0.6) is 5.75 Å². The van der Waals surface area contributed by atoms with Crippen LogP contribution in [0.15, 0.2) is 66.9 Å². The van der Waals surface area contributed by atoms with Crippen LogP contribution >= 0.6 is 0 Å². The summed E-state index contributed by atoms with van der Waals surface area (Å²) in [6.07, 6.45) is 1.69. The van der Waals surface area contributed by atoms with Gasteiger partial charge in [-0.15, -0.1) is 0 Å². The molecule has 0 atom stereocenters. The topological polar surface area (TPSA) is 68.5 Å². The second-order valence-corrected chi connectivity index (χ2v) is 7.93. The molecule has 0 aliphatic rings. The third-order valence-electron chi connectivity index (χ3n) is 5.29. The van der Waals surface area contributed by atoms with E-state index in [4.69, 9.17) is 4.74 Å². The van der Waals surface area contributed by atoms with E-state index in [2.05, 4.69) is 15.4 Å². The smallest absolute Gasteiger partial charge is 0.271 e. The molecule has 0 saturated heterocycles. The standard InChI is InChI=1S/C24H23FN4O2/c1-24(2,17-6-8-18(25)9-7-17)15-27-23(30)20-14-22-26-13-12-21(29(22)28-20)16-4-10-19(31-3)11-5-16/h4-14H,15H2,1-3H3,(H,27,30). The Balaban J connectivity index is 1.55. The summed E-state index contributed by atoms with van der Waals surface area (Å²) in [5, 5.41) is 7.41. The first-order chi connectivity index (χ1) is 14.9. The minimum Gasteiger partial charge on any atom is -0.497 e. The molecule has 31 heavy (non-hydrogen) atoms. The van der Waals surface area contributed by atoms with Gasteiger partial charge in [0.05, 0.1) is 12.8 Å². The molecule has 4 rings (SSSR count). The van der Waals surface area contributed by atoms with Crippen LogP contribution in [0.25, 0.3) is 16.9 Å². The van der Waals surface area contributed by atoms with Crippen LogP contribution in [0.1, 0.15) is 29.9 Å². The van der Waals surface area contributed by atoms with Crippen molar-refractivity contribution in [2.45, 2.75) is 19.3 Å². The molecule has 0 saturated carbocycles. The Bertz CT molecular complexity index is 1210. The van der Waals surface area contributed by atoms with Crippen LogP contribution in [0, 0.1) is 5.82 Å². The van der Waals surface area contributed by atoms with Gasteiger partial charge in [0, 0.05) is 29.8 Å². The summed E-state index contributed by atoms with van der Waals surface area (Å²) in [5.41, 5.74) is 3.18. The number of benzene rings is 2. The van der Waals surface area contributed by atoms with Gasteiger partial charge >= 0.3 is 0 Å². The van der Waals surface area contributed by atoms with Crippen molar-refractivity contribution >= 4 is 11.6 Å². The number of nitrogens with zero attached hydrogens (tertiary/aromatic N) is 3. The number of amides is 1. The second kappa shape index (κ2) is 8.18. The molecule has 158 valence electrons. The van der Waals surface area contributed by atoms with E-state index in [9.17, 15) is 9.18 Å². The van der Waals surface area contributed by atoms with E-state index < -0.39 is 0 Å². The summed E-state index contributed by atoms with van der Waals surface area (Å²) in [6.45, 7) is 4.37. The molecule has 1 N–H and O–H groups in total. The number of halogens is 1. The fourth-order valence-electron chi connectivity index (χ4n) is 3.38. The van der Waals surface area contributed by atoms with Gasteiger partial charge < -0.3 is 10.1 Å². The van der Waals surface area contributed by atoms with Gasteiger partial charge in [-0.1, -0.05) is 26.0 Å². The van der Waals surface area contributed by atoms with E-state index in [1.165, 1.54) is 12.1 Å². The predicted molar refractivity (Wildman–Crippen MR) is 117 cm³/mol. The van der Waals surface area contributed by atoms with Crippen molar-refractivity contribution in [1.82, 2.24) is 19.9 Å². The number of fused-ring (bicyclic) bond motifs is 1. The zero-order valence-corrected chi connectivity index (χ0v) is 17.6. The van der Waals surface area contributed by atoms with Gasteiger partial charge in [0.1, 0.15) is 11.6 Å². The number of rotatable bonds is 6. The number of carbonyl (C=O) groups excluding carboxylic acids is 1. The first-order valence-corrected chi connectivity index (χ1v) is 9.91. The van der Waals surface area contributed by atoms with E-state index in [1.54, 1.807) is 36.0 Å². The molecule has 0 fully saturated rings. The molecule has 0 spiro atoms. The Kier molecular flexibility index (Phi) is 5.42. The monoisotopic (exact) mass is 418 g/mol. The molecular weight excluding hydrogens is 395 g/mol. The van der Waals surface area contributed by atoms with Crippen molar-refractivity contribution in [3.8, 4) is 17.0 Å². The van der Waals surface area contributed by atoms with Gasteiger partial charge in [-0.3, -0.25) is 4.79 Å². The molecule has 0 bridgehead atoms. The predicted octanol–water partition coefficient (Wildman–Crippen LogP) is 4.25. The van der Waals surface area contributed by atoms with Crippen LogP contribution in [0.2, 0.25) is 0 Å². The highest BCUT2D eigenvalue weighted by Crippen LogP contribution is 2.24. The van der Waals surface area contributed by atoms with Crippen LogP contribution in [0.3, 0.4) is 0 Å². The zero-order valence-electron chi connectivity index (χ0n) is 17.6. The van der Waals surface area contributed by atoms with Gasteiger partial charge in [-0.25, -0.2) is 13.9 Å². The van der Waals surface area contributed by atoms with Crippen LogP contribution < -0.4 is 10.1 Å². The van der Waals surface area contributed by atoms with Crippen molar-refractivity contribution < 1.29 is 13.9 Å². The summed E-state index contributed by atoms with van der Waals surface area (Å²) in [4.78, 5) is 17.1. The molecule has 7 heteroatoms. The molecule has 0 aliphatic heterocycles. The van der Waals surface area contributed by atoms with Gasteiger partial charge in [0.15, 0.2) is 11.3 Å². The molecule has 2 heterocycles. The van der Waals surface area contributed by atoms with Crippen molar-refractivity contribution in [2.24, 2.45) is 0 Å². The molecule has 6 nitrogen and oxygen atoms in total. The van der Waals surface area contributed by atoms with Gasteiger partial charge in [0.2, 0.25) is 0 Å². The zero-order chi connectivity index (χ0) is 22.0. The highest BCUT2D eigenvalue weighted by atomic mass is 19.1. The summed E-state index contributed by atoms with van der Waals surface area (Å²) in [5.74, 6) is 0.188. The largest absolute Gasteiger partial charge is 0.497 e. The lowest BCUT2D eigenvalue weighted by molar-refractivity contribution is 0.0940. The summed E-state index contributed by atoms with van der Waals surface area (Å²) in [6, 6.07) is 17.4. The van der Waals surface area contributed by atoms with E-state index >= 15 is 0 Å². The SMILES string of the molecule is COc1ccc(-c2ccnc3cc(C(=O)NCC(C)(C)c4ccc(F)cc4)nn23)cc1. The number of methoxy groups -OCH3 is 1. The molecule has 1 amide bonds. The third-order valence-corrected chi connectivity index (χ3v) is 5.29.